The molecule has 0 saturated heterocycles. The molecule has 0 radical (unpaired) electrons. The molecule has 8 heterocycles. The maximum Gasteiger partial charge on any atom is 0.182 e. The lowest BCUT2D eigenvalue weighted by atomic mass is 9.96. The van der Waals surface area contributed by atoms with E-state index in [1.165, 1.54) is 20.7 Å². The summed E-state index contributed by atoms with van der Waals surface area (Å²) in [5, 5.41) is 7.26. The van der Waals surface area contributed by atoms with Gasteiger partial charge in [0.15, 0.2) is 34.9 Å². The van der Waals surface area contributed by atoms with Crippen molar-refractivity contribution in [3.63, 3.8) is 0 Å². The predicted molar refractivity (Wildman–Crippen MR) is 317 cm³/mol. The van der Waals surface area contributed by atoms with Gasteiger partial charge in [0.25, 0.3) is 0 Å². The zero-order valence-electron chi connectivity index (χ0n) is 43.2. The van der Waals surface area contributed by atoms with Gasteiger partial charge in [0.1, 0.15) is 27.5 Å². The summed E-state index contributed by atoms with van der Waals surface area (Å²) in [7, 11) is -4.49. The molecule has 12 aromatic rings. The highest BCUT2D eigenvalue weighted by molar-refractivity contribution is 7.03. The van der Waals surface area contributed by atoms with E-state index in [4.69, 9.17) is 39.9 Å². The smallest absolute Gasteiger partial charge is 0.182 e. The van der Waals surface area contributed by atoms with E-state index in [-0.39, 0.29) is 0 Å². The van der Waals surface area contributed by atoms with Gasteiger partial charge in [0.2, 0.25) is 0 Å². The molecule has 0 fully saturated rings. The van der Waals surface area contributed by atoms with E-state index < -0.39 is 16.1 Å². The summed E-state index contributed by atoms with van der Waals surface area (Å²) in [5.74, 6) is 2.85. The average molecular weight is 1040 g/mol. The SMILES string of the molecule is C[Si]1(C)c2ccccc2N(c2cc(-c3nc(-c4cccnc4)nc(-c4ccccn4)n3)cc3c(N4c5ccccc5[Si](C)(C)c5ccccc54)cc(-c4nc(-c5cccnc5)nc(-c5ccccn5)n4)cc23)c2ccccc21. The minimum atomic E-state index is -2.24. The van der Waals surface area contributed by atoms with Gasteiger partial charge < -0.3 is 9.80 Å². The third-order valence-electron chi connectivity index (χ3n) is 15.2. The quantitative estimate of drug-likeness (QED) is 0.134. The summed E-state index contributed by atoms with van der Waals surface area (Å²) in [6, 6.07) is 63.9. The van der Waals surface area contributed by atoms with Crippen LogP contribution >= 0.6 is 0 Å². The molecular weight excluding hydrogens is 993 g/mol. The first kappa shape index (κ1) is 46.7. The molecule has 2 aliphatic rings. The second kappa shape index (κ2) is 18.5. The maximum absolute atomic E-state index is 5.33. The molecule has 372 valence electrons. The van der Waals surface area contributed by atoms with Crippen LogP contribution in [0.25, 0.3) is 79.4 Å². The number of anilines is 6. The van der Waals surface area contributed by atoms with Crippen molar-refractivity contribution in [3.8, 4) is 68.6 Å². The number of nitrogens with zero attached hydrogens (tertiary/aromatic N) is 12. The van der Waals surface area contributed by atoms with E-state index in [9.17, 15) is 0 Å². The van der Waals surface area contributed by atoms with Gasteiger partial charge in [-0.25, -0.2) is 29.9 Å². The van der Waals surface area contributed by atoms with Gasteiger partial charge >= 0.3 is 0 Å². The monoisotopic (exact) mass is 1040 g/mol. The fourth-order valence-electron chi connectivity index (χ4n) is 11.4. The summed E-state index contributed by atoms with van der Waals surface area (Å²) >= 11 is 0. The summed E-state index contributed by atoms with van der Waals surface area (Å²) < 4.78 is 0. The van der Waals surface area contributed by atoms with Crippen LogP contribution in [0.5, 0.6) is 0 Å². The van der Waals surface area contributed by atoms with E-state index in [0.717, 1.165) is 67.2 Å². The van der Waals surface area contributed by atoms with Crippen LogP contribution in [0.15, 0.2) is 219 Å². The first-order valence-electron chi connectivity index (χ1n) is 26.0. The molecule has 0 spiro atoms. The summed E-state index contributed by atoms with van der Waals surface area (Å²) in [5.41, 5.74) is 10.7. The number of rotatable bonds is 8. The van der Waals surface area contributed by atoms with E-state index in [1.807, 2.05) is 60.7 Å². The van der Waals surface area contributed by atoms with Crippen molar-refractivity contribution in [2.24, 2.45) is 0 Å². The number of fused-ring (bicyclic) bond motifs is 5. The Hall–Kier alpha value is -9.77. The Bertz CT molecular complexity index is 3810. The molecular formula is C64H48N12Si2. The van der Waals surface area contributed by atoms with Crippen molar-refractivity contribution >= 4 is 81.8 Å². The topological polar surface area (TPSA) is 135 Å². The Balaban J connectivity index is 1.15. The van der Waals surface area contributed by atoms with Crippen LogP contribution in [0.3, 0.4) is 0 Å². The number of hydrogen-bond acceptors (Lipinski definition) is 12. The van der Waals surface area contributed by atoms with Crippen molar-refractivity contribution in [2.75, 3.05) is 9.80 Å². The molecule has 14 heteroatoms. The van der Waals surface area contributed by atoms with Crippen molar-refractivity contribution in [3.05, 3.63) is 219 Å². The Morgan fingerprint density at radius 3 is 0.962 bits per heavy atom. The van der Waals surface area contributed by atoms with Crippen molar-refractivity contribution in [2.45, 2.75) is 26.2 Å². The van der Waals surface area contributed by atoms with Crippen LogP contribution in [0.1, 0.15) is 0 Å². The number of aromatic nitrogens is 10. The van der Waals surface area contributed by atoms with E-state index >= 15 is 0 Å². The number of benzene rings is 6. The second-order valence-electron chi connectivity index (χ2n) is 20.6. The number of para-hydroxylation sites is 4. The molecule has 0 bridgehead atoms. The normalized spacial score (nSPS) is 13.8. The lowest BCUT2D eigenvalue weighted by molar-refractivity contribution is 1.05. The molecule has 6 aromatic carbocycles. The lowest BCUT2D eigenvalue weighted by Gasteiger charge is -2.42. The third kappa shape index (κ3) is 7.79. The molecule has 12 nitrogen and oxygen atoms in total. The van der Waals surface area contributed by atoms with Gasteiger partial charge in [0.05, 0.1) is 11.4 Å². The minimum Gasteiger partial charge on any atom is -0.310 e. The molecule has 78 heavy (non-hydrogen) atoms. The Morgan fingerprint density at radius 1 is 0.295 bits per heavy atom. The van der Waals surface area contributed by atoms with Crippen LogP contribution in [0.2, 0.25) is 26.2 Å². The Kier molecular flexibility index (Phi) is 11.1. The van der Waals surface area contributed by atoms with Crippen LogP contribution in [0, 0.1) is 0 Å². The molecule has 6 aromatic heterocycles. The largest absolute Gasteiger partial charge is 0.310 e. The Labute approximate surface area is 453 Å². The number of hydrogen-bond donors (Lipinski definition) is 0. The molecule has 0 saturated carbocycles. The van der Waals surface area contributed by atoms with Gasteiger partial charge in [-0.3, -0.25) is 19.9 Å². The molecule has 0 aliphatic carbocycles. The first-order chi connectivity index (χ1) is 38.2. The lowest BCUT2D eigenvalue weighted by Crippen LogP contribution is -2.58. The summed E-state index contributed by atoms with van der Waals surface area (Å²) in [6.45, 7) is 9.80. The molecule has 0 N–H and O–H groups in total. The van der Waals surface area contributed by atoms with E-state index in [2.05, 4.69) is 167 Å². The average Bonchev–Trinajstić information content (AvgIpc) is 3.68. The standard InChI is InChI=1S/C64H48N12Si2/c1-77(2)55-27-9-5-23-49(55)75(50-24-6-10-28-56(50)77)53-37-43(61-69-59(41-19-17-31-65-39-41)71-63(73-61)47-21-13-15-33-67-47)36-46-45(53)35-44(62-70-60(42-20-18-32-66-40-42)72-64(74-62)48-22-14-16-34-68-48)38-54(46)76-51-25-7-11-29-57(51)78(3,4)58-30-12-8-26-52(58)76/h5-40H,1-4H3. The van der Waals surface area contributed by atoms with Gasteiger partial charge in [-0.15, -0.1) is 0 Å². The Morgan fingerprint density at radius 2 is 0.628 bits per heavy atom. The fraction of sp³-hybridized carbons (Fsp3) is 0.0625. The van der Waals surface area contributed by atoms with Crippen LogP contribution in [0.4, 0.5) is 34.1 Å². The van der Waals surface area contributed by atoms with E-state index in [1.54, 1.807) is 37.2 Å². The zero-order chi connectivity index (χ0) is 52.5. The third-order valence-corrected chi connectivity index (χ3v) is 22.3. The predicted octanol–water partition coefficient (Wildman–Crippen LogP) is 12.0. The van der Waals surface area contributed by atoms with Crippen molar-refractivity contribution in [1.29, 1.82) is 0 Å². The molecule has 2 aliphatic heterocycles. The van der Waals surface area contributed by atoms with Crippen molar-refractivity contribution < 1.29 is 0 Å². The van der Waals surface area contributed by atoms with Crippen LogP contribution < -0.4 is 30.5 Å². The second-order valence-corrected chi connectivity index (χ2v) is 29.3. The van der Waals surface area contributed by atoms with Gasteiger partial charge in [-0.1, -0.05) is 111 Å². The van der Waals surface area contributed by atoms with Gasteiger partial charge in [-0.05, 0) is 118 Å². The maximum atomic E-state index is 5.33. The van der Waals surface area contributed by atoms with E-state index in [0.29, 0.717) is 46.3 Å². The van der Waals surface area contributed by atoms with Crippen molar-refractivity contribution in [1.82, 2.24) is 49.8 Å². The first-order valence-corrected chi connectivity index (χ1v) is 32.0. The molecule has 0 atom stereocenters. The molecule has 0 amide bonds. The highest BCUT2D eigenvalue weighted by Gasteiger charge is 2.41. The molecule has 14 rings (SSSR count). The highest BCUT2D eigenvalue weighted by atomic mass is 28.3. The summed E-state index contributed by atoms with van der Waals surface area (Å²) in [6.07, 6.45) is 10.6. The van der Waals surface area contributed by atoms with Gasteiger partial charge in [-0.2, -0.15) is 0 Å². The highest BCUT2D eigenvalue weighted by Crippen LogP contribution is 2.49. The summed E-state index contributed by atoms with van der Waals surface area (Å²) in [4.78, 5) is 54.7. The minimum absolute atomic E-state index is 0.451. The zero-order valence-corrected chi connectivity index (χ0v) is 45.2. The number of pyridine rings is 4. The van der Waals surface area contributed by atoms with Crippen LogP contribution in [-0.4, -0.2) is 66.0 Å². The fourth-order valence-corrected chi connectivity index (χ4v) is 17.4. The molecule has 0 unspecified atom stereocenters. The van der Waals surface area contributed by atoms with Gasteiger partial charge in [0, 0.05) is 93.0 Å². The van der Waals surface area contributed by atoms with Crippen LogP contribution in [-0.2, 0) is 0 Å².